The van der Waals surface area contributed by atoms with Crippen LogP contribution >= 0.6 is 0 Å². The van der Waals surface area contributed by atoms with E-state index in [0.29, 0.717) is 6.61 Å². The number of amides is 1. The maximum Gasteiger partial charge on any atom is 0.240 e. The summed E-state index contributed by atoms with van der Waals surface area (Å²) >= 11 is 0. The zero-order chi connectivity index (χ0) is 11.3. The summed E-state index contributed by atoms with van der Waals surface area (Å²) in [6.45, 7) is 6.53. The van der Waals surface area contributed by atoms with Crippen molar-refractivity contribution in [3.63, 3.8) is 0 Å². The van der Waals surface area contributed by atoms with Gasteiger partial charge in [0.05, 0.1) is 18.7 Å². The highest BCUT2D eigenvalue weighted by atomic mass is 16.5. The minimum atomic E-state index is 0.0317. The molecule has 15 heavy (non-hydrogen) atoms. The highest BCUT2D eigenvalue weighted by Gasteiger charge is 2.33. The second-order valence-electron chi connectivity index (χ2n) is 4.13. The van der Waals surface area contributed by atoms with Crippen molar-refractivity contribution in [1.82, 2.24) is 10.2 Å². The maximum atomic E-state index is 11.9. The van der Waals surface area contributed by atoms with Crippen molar-refractivity contribution in [2.45, 2.75) is 38.8 Å². The first-order chi connectivity index (χ1) is 7.20. The summed E-state index contributed by atoms with van der Waals surface area (Å²) in [4.78, 5) is 13.8. The quantitative estimate of drug-likeness (QED) is 0.705. The second kappa shape index (κ2) is 6.08. The smallest absolute Gasteiger partial charge is 0.240 e. The van der Waals surface area contributed by atoms with Gasteiger partial charge in [-0.05, 0) is 26.3 Å². The molecule has 1 aliphatic heterocycles. The third-order valence-electron chi connectivity index (χ3n) is 2.82. The number of hydrogen-bond donors (Lipinski definition) is 1. The molecule has 2 unspecified atom stereocenters. The zero-order valence-electron chi connectivity index (χ0n) is 9.95. The van der Waals surface area contributed by atoms with Crippen molar-refractivity contribution in [2.75, 3.05) is 26.8 Å². The molecule has 0 aliphatic carbocycles. The number of methoxy groups -OCH3 is 1. The Bertz CT molecular complexity index is 209. The molecule has 2 atom stereocenters. The number of rotatable bonds is 6. The molecule has 0 radical (unpaired) electrons. The Morgan fingerprint density at radius 3 is 3.00 bits per heavy atom. The van der Waals surface area contributed by atoms with Gasteiger partial charge in [-0.3, -0.25) is 4.79 Å². The third kappa shape index (κ3) is 3.18. The van der Waals surface area contributed by atoms with Gasteiger partial charge in [-0.25, -0.2) is 0 Å². The van der Waals surface area contributed by atoms with Crippen LogP contribution in [0.15, 0.2) is 0 Å². The fourth-order valence-electron chi connectivity index (χ4n) is 1.98. The highest BCUT2D eigenvalue weighted by Crippen LogP contribution is 2.14. The summed E-state index contributed by atoms with van der Waals surface area (Å²) in [6.07, 6.45) is 1.99. The Hall–Kier alpha value is -0.610. The van der Waals surface area contributed by atoms with Crippen LogP contribution in [0.5, 0.6) is 0 Å². The molecule has 1 heterocycles. The van der Waals surface area contributed by atoms with E-state index in [-0.39, 0.29) is 18.0 Å². The molecule has 1 N–H and O–H groups in total. The molecule has 4 nitrogen and oxygen atoms in total. The van der Waals surface area contributed by atoms with Crippen molar-refractivity contribution in [1.29, 1.82) is 0 Å². The van der Waals surface area contributed by atoms with Gasteiger partial charge in [-0.2, -0.15) is 0 Å². The average Bonchev–Trinajstić information content (AvgIpc) is 2.57. The van der Waals surface area contributed by atoms with E-state index in [0.717, 1.165) is 25.9 Å². The number of carbonyl (C=O) groups is 1. The Morgan fingerprint density at radius 1 is 1.67 bits per heavy atom. The van der Waals surface area contributed by atoms with E-state index >= 15 is 0 Å². The van der Waals surface area contributed by atoms with Crippen molar-refractivity contribution < 1.29 is 9.53 Å². The van der Waals surface area contributed by atoms with Crippen LogP contribution in [0.1, 0.15) is 26.7 Å². The van der Waals surface area contributed by atoms with Crippen LogP contribution in [0.4, 0.5) is 0 Å². The highest BCUT2D eigenvalue weighted by molar-refractivity contribution is 5.84. The van der Waals surface area contributed by atoms with E-state index in [1.54, 1.807) is 7.11 Å². The molecule has 0 saturated carbocycles. The predicted molar refractivity (Wildman–Crippen MR) is 59.7 cm³/mol. The number of nitrogens with zero attached hydrogens (tertiary/aromatic N) is 1. The minimum absolute atomic E-state index is 0.0317. The number of hydrogen-bond acceptors (Lipinski definition) is 3. The summed E-state index contributed by atoms with van der Waals surface area (Å²) in [5, 5.41) is 3.28. The second-order valence-corrected chi connectivity index (χ2v) is 4.13. The molecule has 0 spiro atoms. The fourth-order valence-corrected chi connectivity index (χ4v) is 1.98. The SMILES string of the molecule is CCCNC1CCN(C(C)COC)C1=O. The van der Waals surface area contributed by atoms with E-state index in [9.17, 15) is 4.79 Å². The molecule has 4 heteroatoms. The van der Waals surface area contributed by atoms with Gasteiger partial charge < -0.3 is 15.0 Å². The molecule has 0 aromatic rings. The Balaban J connectivity index is 2.41. The van der Waals surface area contributed by atoms with Crippen molar-refractivity contribution in [3.8, 4) is 0 Å². The maximum absolute atomic E-state index is 11.9. The predicted octanol–water partition coefficient (Wildman–Crippen LogP) is 0.622. The van der Waals surface area contributed by atoms with Gasteiger partial charge in [0.15, 0.2) is 0 Å². The van der Waals surface area contributed by atoms with Gasteiger partial charge in [-0.1, -0.05) is 6.92 Å². The Morgan fingerprint density at radius 2 is 2.40 bits per heavy atom. The van der Waals surface area contributed by atoms with Crippen LogP contribution in [0.3, 0.4) is 0 Å². The number of ether oxygens (including phenoxy) is 1. The van der Waals surface area contributed by atoms with Crippen LogP contribution < -0.4 is 5.32 Å². The first-order valence-electron chi connectivity index (χ1n) is 5.73. The molecule has 1 aliphatic rings. The van der Waals surface area contributed by atoms with E-state index in [1.165, 1.54) is 0 Å². The molecule has 1 rings (SSSR count). The van der Waals surface area contributed by atoms with Gasteiger partial charge in [0.25, 0.3) is 0 Å². The van der Waals surface area contributed by atoms with Crippen molar-refractivity contribution in [2.24, 2.45) is 0 Å². The van der Waals surface area contributed by atoms with Gasteiger partial charge in [0.1, 0.15) is 0 Å². The van der Waals surface area contributed by atoms with Gasteiger partial charge in [0.2, 0.25) is 5.91 Å². The van der Waals surface area contributed by atoms with E-state index in [2.05, 4.69) is 12.2 Å². The lowest BCUT2D eigenvalue weighted by atomic mass is 10.2. The molecule has 0 bridgehead atoms. The summed E-state index contributed by atoms with van der Waals surface area (Å²) in [5.74, 6) is 0.230. The molecule has 1 fully saturated rings. The summed E-state index contributed by atoms with van der Waals surface area (Å²) in [7, 11) is 1.67. The fraction of sp³-hybridized carbons (Fsp3) is 0.909. The first kappa shape index (κ1) is 12.5. The number of carbonyl (C=O) groups excluding carboxylic acids is 1. The molecule has 1 saturated heterocycles. The van der Waals surface area contributed by atoms with E-state index in [4.69, 9.17) is 4.74 Å². The monoisotopic (exact) mass is 214 g/mol. The largest absolute Gasteiger partial charge is 0.383 e. The minimum Gasteiger partial charge on any atom is -0.383 e. The standard InChI is InChI=1S/C11H22N2O2/c1-4-6-12-10-5-7-13(11(10)14)9(2)8-15-3/h9-10,12H,4-8H2,1-3H3. The zero-order valence-corrected chi connectivity index (χ0v) is 9.95. The molecule has 0 aromatic carbocycles. The Labute approximate surface area is 92.0 Å². The Kier molecular flexibility index (Phi) is 5.05. The summed E-state index contributed by atoms with van der Waals surface area (Å²) < 4.78 is 5.07. The van der Waals surface area contributed by atoms with Crippen LogP contribution in [0.25, 0.3) is 0 Å². The molecular formula is C11H22N2O2. The van der Waals surface area contributed by atoms with Gasteiger partial charge >= 0.3 is 0 Å². The van der Waals surface area contributed by atoms with Gasteiger partial charge in [-0.15, -0.1) is 0 Å². The third-order valence-corrected chi connectivity index (χ3v) is 2.82. The van der Waals surface area contributed by atoms with Crippen LogP contribution in [-0.4, -0.2) is 49.7 Å². The van der Waals surface area contributed by atoms with Crippen molar-refractivity contribution >= 4 is 5.91 Å². The lowest BCUT2D eigenvalue weighted by molar-refractivity contribution is -0.132. The normalized spacial score (nSPS) is 23.5. The topological polar surface area (TPSA) is 41.6 Å². The average molecular weight is 214 g/mol. The lowest BCUT2D eigenvalue weighted by Gasteiger charge is -2.24. The molecule has 1 amide bonds. The van der Waals surface area contributed by atoms with Crippen LogP contribution in [0.2, 0.25) is 0 Å². The van der Waals surface area contributed by atoms with Gasteiger partial charge in [0, 0.05) is 13.7 Å². The summed E-state index contributed by atoms with van der Waals surface area (Å²) in [6, 6.07) is 0.222. The summed E-state index contributed by atoms with van der Waals surface area (Å²) in [5.41, 5.74) is 0. The molecular weight excluding hydrogens is 192 g/mol. The van der Waals surface area contributed by atoms with Crippen LogP contribution in [0, 0.1) is 0 Å². The van der Waals surface area contributed by atoms with E-state index in [1.807, 2.05) is 11.8 Å². The lowest BCUT2D eigenvalue weighted by Crippen LogP contribution is -2.43. The van der Waals surface area contributed by atoms with Crippen molar-refractivity contribution in [3.05, 3.63) is 0 Å². The first-order valence-corrected chi connectivity index (χ1v) is 5.73. The molecule has 88 valence electrons. The number of nitrogens with one attached hydrogen (secondary N) is 1. The molecule has 0 aromatic heterocycles. The van der Waals surface area contributed by atoms with Crippen LogP contribution in [-0.2, 0) is 9.53 Å². The van der Waals surface area contributed by atoms with E-state index < -0.39 is 0 Å². The number of likely N-dealkylation sites (tertiary alicyclic amines) is 1.